The summed E-state index contributed by atoms with van der Waals surface area (Å²) in [6.07, 6.45) is 2.72. The molecule has 0 aliphatic heterocycles. The van der Waals surface area contributed by atoms with Crippen LogP contribution in [-0.4, -0.2) is 17.7 Å². The van der Waals surface area contributed by atoms with Gasteiger partial charge in [0.25, 0.3) is 0 Å². The first-order valence-electron chi connectivity index (χ1n) is 7.35. The second-order valence-corrected chi connectivity index (χ2v) is 5.96. The van der Waals surface area contributed by atoms with Crippen LogP contribution >= 0.6 is 0 Å². The predicted octanol–water partition coefficient (Wildman–Crippen LogP) is 4.26. The van der Waals surface area contributed by atoms with Crippen LogP contribution in [-0.2, 0) is 11.2 Å². The fourth-order valence-corrected chi connectivity index (χ4v) is 1.98. The molecule has 2 rings (SSSR count). The summed E-state index contributed by atoms with van der Waals surface area (Å²) in [6, 6.07) is 15.4. The number of rotatable bonds is 6. The van der Waals surface area contributed by atoms with Gasteiger partial charge in [-0.2, -0.15) is 0 Å². The van der Waals surface area contributed by atoms with E-state index < -0.39 is 6.16 Å². The van der Waals surface area contributed by atoms with E-state index in [9.17, 15) is 4.79 Å². The molecule has 0 atom stereocenters. The third kappa shape index (κ3) is 5.56. The lowest BCUT2D eigenvalue weighted by Crippen LogP contribution is -2.24. The van der Waals surface area contributed by atoms with Crippen molar-refractivity contribution < 1.29 is 14.3 Å². The molecular formula is C18H21NO3. The standard InChI is InChI=1S/C18H21NO3/c1-18(2,12-11-15-8-4-3-5-9-15)14-21-17(20)22-16-10-6-7-13-19-16/h3-10,13H,11-12,14H2,1-2H3. The molecule has 0 aliphatic carbocycles. The Hall–Kier alpha value is -2.36. The quantitative estimate of drug-likeness (QED) is 0.748. The minimum atomic E-state index is -0.716. The highest BCUT2D eigenvalue weighted by Gasteiger charge is 2.21. The Morgan fingerprint density at radius 3 is 2.50 bits per heavy atom. The van der Waals surface area contributed by atoms with E-state index in [0.717, 1.165) is 12.8 Å². The van der Waals surface area contributed by atoms with Crippen LogP contribution in [0.15, 0.2) is 54.7 Å². The highest BCUT2D eigenvalue weighted by Crippen LogP contribution is 2.23. The van der Waals surface area contributed by atoms with Crippen molar-refractivity contribution in [3.05, 3.63) is 60.3 Å². The Kier molecular flexibility index (Phi) is 5.53. The molecule has 0 bridgehead atoms. The van der Waals surface area contributed by atoms with Gasteiger partial charge in [0.1, 0.15) is 6.61 Å². The average molecular weight is 299 g/mol. The Bertz CT molecular complexity index is 582. The lowest BCUT2D eigenvalue weighted by Gasteiger charge is -2.23. The molecule has 0 radical (unpaired) electrons. The van der Waals surface area contributed by atoms with Gasteiger partial charge < -0.3 is 9.47 Å². The van der Waals surface area contributed by atoms with E-state index in [1.54, 1.807) is 24.4 Å². The van der Waals surface area contributed by atoms with E-state index in [-0.39, 0.29) is 11.3 Å². The molecule has 0 amide bonds. The SMILES string of the molecule is CC(C)(CCc1ccccc1)COC(=O)Oc1ccccn1. The predicted molar refractivity (Wildman–Crippen MR) is 84.8 cm³/mol. The Morgan fingerprint density at radius 1 is 1.09 bits per heavy atom. The minimum Gasteiger partial charge on any atom is -0.433 e. The zero-order valence-electron chi connectivity index (χ0n) is 13.0. The van der Waals surface area contributed by atoms with Gasteiger partial charge in [0, 0.05) is 12.3 Å². The van der Waals surface area contributed by atoms with Gasteiger partial charge in [0.15, 0.2) is 0 Å². The van der Waals surface area contributed by atoms with Gasteiger partial charge in [-0.1, -0.05) is 50.2 Å². The molecule has 0 N–H and O–H groups in total. The van der Waals surface area contributed by atoms with Gasteiger partial charge in [-0.25, -0.2) is 9.78 Å². The number of nitrogens with zero attached hydrogens (tertiary/aromatic N) is 1. The fourth-order valence-electron chi connectivity index (χ4n) is 1.98. The van der Waals surface area contributed by atoms with Crippen LogP contribution in [0.2, 0.25) is 0 Å². The molecular weight excluding hydrogens is 278 g/mol. The molecule has 4 heteroatoms. The van der Waals surface area contributed by atoms with E-state index in [2.05, 4.69) is 31.0 Å². The van der Waals surface area contributed by atoms with Crippen LogP contribution in [0.1, 0.15) is 25.8 Å². The molecule has 116 valence electrons. The smallest absolute Gasteiger partial charge is 0.433 e. The molecule has 4 nitrogen and oxygen atoms in total. The molecule has 0 fully saturated rings. The maximum Gasteiger partial charge on any atom is 0.515 e. The Morgan fingerprint density at radius 2 is 1.82 bits per heavy atom. The monoisotopic (exact) mass is 299 g/mol. The summed E-state index contributed by atoms with van der Waals surface area (Å²) in [5, 5.41) is 0. The first-order valence-corrected chi connectivity index (χ1v) is 7.35. The first kappa shape index (κ1) is 16.0. The third-order valence-electron chi connectivity index (χ3n) is 3.34. The first-order chi connectivity index (χ1) is 10.6. The lowest BCUT2D eigenvalue weighted by molar-refractivity contribution is 0.0592. The van der Waals surface area contributed by atoms with Crippen molar-refractivity contribution in [3.8, 4) is 5.88 Å². The van der Waals surface area contributed by atoms with E-state index >= 15 is 0 Å². The molecule has 22 heavy (non-hydrogen) atoms. The molecule has 2 aromatic rings. The molecule has 1 aromatic heterocycles. The number of benzene rings is 1. The van der Waals surface area contributed by atoms with E-state index in [0.29, 0.717) is 6.61 Å². The van der Waals surface area contributed by atoms with E-state index in [4.69, 9.17) is 9.47 Å². The van der Waals surface area contributed by atoms with Gasteiger partial charge in [-0.15, -0.1) is 0 Å². The number of carbonyl (C=O) groups excluding carboxylic acids is 1. The van der Waals surface area contributed by atoms with E-state index in [1.165, 1.54) is 5.56 Å². The summed E-state index contributed by atoms with van der Waals surface area (Å²) in [4.78, 5) is 15.6. The Balaban J connectivity index is 1.75. The second kappa shape index (κ2) is 7.59. The summed E-state index contributed by atoms with van der Waals surface area (Å²) in [5.41, 5.74) is 1.17. The molecule has 0 unspecified atom stereocenters. The summed E-state index contributed by atoms with van der Waals surface area (Å²) in [7, 11) is 0. The second-order valence-electron chi connectivity index (χ2n) is 5.96. The van der Waals surface area contributed by atoms with Crippen molar-refractivity contribution in [2.45, 2.75) is 26.7 Å². The molecule has 0 spiro atoms. The number of hydrogen-bond acceptors (Lipinski definition) is 4. The molecule has 0 aliphatic rings. The number of hydrogen-bond donors (Lipinski definition) is 0. The van der Waals surface area contributed by atoms with Crippen molar-refractivity contribution >= 4 is 6.16 Å². The normalized spacial score (nSPS) is 11.0. The van der Waals surface area contributed by atoms with Crippen LogP contribution < -0.4 is 4.74 Å². The van der Waals surface area contributed by atoms with Crippen molar-refractivity contribution in [2.24, 2.45) is 5.41 Å². The van der Waals surface area contributed by atoms with Crippen LogP contribution in [0, 0.1) is 5.41 Å². The summed E-state index contributed by atoms with van der Waals surface area (Å²) in [5.74, 6) is 0.245. The van der Waals surface area contributed by atoms with Gasteiger partial charge in [-0.05, 0) is 29.9 Å². The fraction of sp³-hybridized carbons (Fsp3) is 0.333. The summed E-state index contributed by atoms with van der Waals surface area (Å²) < 4.78 is 10.2. The highest BCUT2D eigenvalue weighted by atomic mass is 16.7. The van der Waals surface area contributed by atoms with Crippen LogP contribution in [0.4, 0.5) is 4.79 Å². The van der Waals surface area contributed by atoms with Crippen molar-refractivity contribution in [1.82, 2.24) is 4.98 Å². The van der Waals surface area contributed by atoms with Gasteiger partial charge in [-0.3, -0.25) is 0 Å². The molecule has 1 heterocycles. The molecule has 1 aromatic carbocycles. The van der Waals surface area contributed by atoms with Crippen LogP contribution in [0.3, 0.4) is 0 Å². The van der Waals surface area contributed by atoms with Gasteiger partial charge >= 0.3 is 6.16 Å². The maximum absolute atomic E-state index is 11.6. The lowest BCUT2D eigenvalue weighted by atomic mass is 9.87. The Labute approximate surface area is 131 Å². The highest BCUT2D eigenvalue weighted by molar-refractivity contribution is 5.62. The summed E-state index contributed by atoms with van der Waals surface area (Å²) >= 11 is 0. The largest absolute Gasteiger partial charge is 0.515 e. The van der Waals surface area contributed by atoms with Gasteiger partial charge in [0.05, 0.1) is 0 Å². The number of ether oxygens (including phenoxy) is 2. The van der Waals surface area contributed by atoms with Crippen molar-refractivity contribution in [2.75, 3.05) is 6.61 Å². The zero-order valence-corrected chi connectivity index (χ0v) is 13.0. The summed E-state index contributed by atoms with van der Waals surface area (Å²) in [6.45, 7) is 4.46. The van der Waals surface area contributed by atoms with Crippen LogP contribution in [0.5, 0.6) is 5.88 Å². The average Bonchev–Trinajstić information content (AvgIpc) is 2.53. The maximum atomic E-state index is 11.6. The van der Waals surface area contributed by atoms with Gasteiger partial charge in [0.2, 0.25) is 5.88 Å². The van der Waals surface area contributed by atoms with E-state index in [1.807, 2.05) is 18.2 Å². The van der Waals surface area contributed by atoms with Crippen LogP contribution in [0.25, 0.3) is 0 Å². The molecule has 0 saturated heterocycles. The minimum absolute atomic E-state index is 0.112. The number of aryl methyl sites for hydroxylation is 1. The van der Waals surface area contributed by atoms with Crippen molar-refractivity contribution in [1.29, 1.82) is 0 Å². The third-order valence-corrected chi connectivity index (χ3v) is 3.34. The molecule has 0 saturated carbocycles. The topological polar surface area (TPSA) is 48.4 Å². The zero-order chi connectivity index (χ0) is 15.8. The number of pyridine rings is 1. The number of carbonyl (C=O) groups is 1. The van der Waals surface area contributed by atoms with Crippen molar-refractivity contribution in [3.63, 3.8) is 0 Å². The number of aromatic nitrogens is 1.